The number of pyridine rings is 1. The zero-order valence-electron chi connectivity index (χ0n) is 11.6. The Hall–Kier alpha value is -1.39. The third-order valence-electron chi connectivity index (χ3n) is 3.09. The van der Waals surface area contributed by atoms with Gasteiger partial charge in [0.25, 0.3) is 0 Å². The van der Waals surface area contributed by atoms with Crippen LogP contribution in [0.4, 0.5) is 5.82 Å². The van der Waals surface area contributed by atoms with Gasteiger partial charge in [-0.3, -0.25) is 0 Å². The zero-order valence-corrected chi connectivity index (χ0v) is 12.4. The summed E-state index contributed by atoms with van der Waals surface area (Å²) in [5, 5.41) is 11.3. The van der Waals surface area contributed by atoms with Crippen LogP contribution in [0.25, 0.3) is 0 Å². The van der Waals surface area contributed by atoms with Gasteiger partial charge in [-0.1, -0.05) is 6.07 Å². The van der Waals surface area contributed by atoms with Crippen LogP contribution in [-0.4, -0.2) is 16.1 Å². The lowest BCUT2D eigenvalue weighted by molar-refractivity contribution is 0.281. The summed E-state index contributed by atoms with van der Waals surface area (Å²) in [4.78, 5) is 8.15. The van der Waals surface area contributed by atoms with Crippen LogP contribution in [0.1, 0.15) is 29.9 Å². The molecule has 0 bridgehead atoms. The molecule has 2 rings (SSSR count). The first-order valence-electron chi connectivity index (χ1n) is 6.47. The van der Waals surface area contributed by atoms with Crippen molar-refractivity contribution in [2.24, 2.45) is 0 Å². The van der Waals surface area contributed by atoms with E-state index >= 15 is 0 Å². The van der Waals surface area contributed by atoms with Gasteiger partial charge in [-0.05, 0) is 49.4 Å². The molecule has 19 heavy (non-hydrogen) atoms. The molecule has 4 heteroatoms. The van der Waals surface area contributed by atoms with E-state index in [4.69, 9.17) is 5.11 Å². The monoisotopic (exact) mass is 276 g/mol. The first kappa shape index (κ1) is 14.0. The standard InChI is InChI=1S/C15H20N2OS/c1-11(2)17(9-14-5-4-6-19-14)15-12(3)7-13(10-18)8-16-15/h4-8,11,18H,9-10H2,1-3H3. The molecule has 3 nitrogen and oxygen atoms in total. The fraction of sp³-hybridized carbons (Fsp3) is 0.400. The average molecular weight is 276 g/mol. The minimum Gasteiger partial charge on any atom is -0.392 e. The number of hydrogen-bond donors (Lipinski definition) is 1. The minimum absolute atomic E-state index is 0.0424. The van der Waals surface area contributed by atoms with Crippen LogP contribution >= 0.6 is 11.3 Å². The number of aliphatic hydroxyl groups is 1. The maximum atomic E-state index is 9.16. The van der Waals surface area contributed by atoms with Crippen molar-refractivity contribution in [2.45, 2.75) is 40.0 Å². The number of aliphatic hydroxyl groups excluding tert-OH is 1. The van der Waals surface area contributed by atoms with E-state index in [9.17, 15) is 0 Å². The van der Waals surface area contributed by atoms with Gasteiger partial charge in [-0.25, -0.2) is 4.98 Å². The third-order valence-corrected chi connectivity index (χ3v) is 3.95. The molecule has 1 N–H and O–H groups in total. The van der Waals surface area contributed by atoms with Gasteiger partial charge < -0.3 is 10.0 Å². The molecule has 0 aliphatic rings. The second kappa shape index (κ2) is 6.17. The summed E-state index contributed by atoms with van der Waals surface area (Å²) in [7, 11) is 0. The molecule has 0 spiro atoms. The first-order chi connectivity index (χ1) is 9.11. The molecular formula is C15H20N2OS. The lowest BCUT2D eigenvalue weighted by Gasteiger charge is -2.29. The smallest absolute Gasteiger partial charge is 0.131 e. The number of thiophene rings is 1. The van der Waals surface area contributed by atoms with Gasteiger partial charge >= 0.3 is 0 Å². The van der Waals surface area contributed by atoms with Crippen molar-refractivity contribution in [3.63, 3.8) is 0 Å². The summed E-state index contributed by atoms with van der Waals surface area (Å²) in [6.45, 7) is 7.32. The largest absolute Gasteiger partial charge is 0.392 e. The molecule has 2 aromatic heterocycles. The second-order valence-electron chi connectivity index (χ2n) is 4.94. The summed E-state index contributed by atoms with van der Waals surface area (Å²) in [6.07, 6.45) is 1.76. The maximum absolute atomic E-state index is 9.16. The molecule has 0 aliphatic carbocycles. The van der Waals surface area contributed by atoms with Crippen LogP contribution in [0, 0.1) is 6.92 Å². The maximum Gasteiger partial charge on any atom is 0.131 e. The van der Waals surface area contributed by atoms with Crippen molar-refractivity contribution in [1.82, 2.24) is 4.98 Å². The third kappa shape index (κ3) is 3.33. The van der Waals surface area contributed by atoms with Crippen molar-refractivity contribution in [2.75, 3.05) is 4.90 Å². The molecule has 0 aromatic carbocycles. The number of rotatable bonds is 5. The summed E-state index contributed by atoms with van der Waals surface area (Å²) in [6, 6.07) is 6.62. The van der Waals surface area contributed by atoms with E-state index in [1.807, 2.05) is 13.0 Å². The van der Waals surface area contributed by atoms with Crippen LogP contribution in [-0.2, 0) is 13.2 Å². The van der Waals surface area contributed by atoms with Crippen molar-refractivity contribution >= 4 is 17.2 Å². The minimum atomic E-state index is 0.0424. The van der Waals surface area contributed by atoms with Crippen LogP contribution in [0.3, 0.4) is 0 Å². The van der Waals surface area contributed by atoms with E-state index in [1.54, 1.807) is 17.5 Å². The summed E-state index contributed by atoms with van der Waals surface area (Å²) in [5.74, 6) is 1.00. The number of aryl methyl sites for hydroxylation is 1. The highest BCUT2D eigenvalue weighted by Gasteiger charge is 2.15. The molecule has 0 saturated heterocycles. The number of nitrogens with zero attached hydrogens (tertiary/aromatic N) is 2. The second-order valence-corrected chi connectivity index (χ2v) is 5.98. The summed E-state index contributed by atoms with van der Waals surface area (Å²) >= 11 is 1.77. The molecule has 2 aromatic rings. The van der Waals surface area contributed by atoms with E-state index < -0.39 is 0 Å². The Bertz CT molecular complexity index is 523. The number of aromatic nitrogens is 1. The first-order valence-corrected chi connectivity index (χ1v) is 7.35. The highest BCUT2D eigenvalue weighted by Crippen LogP contribution is 2.24. The van der Waals surface area contributed by atoms with Crippen molar-refractivity contribution in [3.05, 3.63) is 45.8 Å². The quantitative estimate of drug-likeness (QED) is 0.909. The Morgan fingerprint density at radius 1 is 1.42 bits per heavy atom. The lowest BCUT2D eigenvalue weighted by Crippen LogP contribution is -2.31. The van der Waals surface area contributed by atoms with Gasteiger partial charge in [-0.2, -0.15) is 0 Å². The Labute approximate surface area is 118 Å². The van der Waals surface area contributed by atoms with E-state index in [0.29, 0.717) is 6.04 Å². The Kier molecular flexibility index (Phi) is 4.56. The topological polar surface area (TPSA) is 36.4 Å². The normalized spacial score (nSPS) is 11.0. The molecular weight excluding hydrogens is 256 g/mol. The predicted octanol–water partition coefficient (Wildman–Crippen LogP) is 3.36. The molecule has 2 heterocycles. The SMILES string of the molecule is Cc1cc(CO)cnc1N(Cc1cccs1)C(C)C. The van der Waals surface area contributed by atoms with Crippen molar-refractivity contribution in [3.8, 4) is 0 Å². The van der Waals surface area contributed by atoms with Gasteiger partial charge in [0.1, 0.15) is 5.82 Å². The fourth-order valence-electron chi connectivity index (χ4n) is 2.09. The van der Waals surface area contributed by atoms with Crippen LogP contribution in [0.15, 0.2) is 29.8 Å². The van der Waals surface area contributed by atoms with Gasteiger partial charge in [0.15, 0.2) is 0 Å². The summed E-state index contributed by atoms with van der Waals surface area (Å²) in [5.41, 5.74) is 1.97. The van der Waals surface area contributed by atoms with E-state index in [1.165, 1.54) is 4.88 Å². The van der Waals surface area contributed by atoms with Crippen molar-refractivity contribution < 1.29 is 5.11 Å². The molecule has 0 unspecified atom stereocenters. The number of anilines is 1. The van der Waals surface area contributed by atoms with Gasteiger partial charge in [0.05, 0.1) is 13.2 Å². The lowest BCUT2D eigenvalue weighted by atomic mass is 10.2. The fourth-order valence-corrected chi connectivity index (χ4v) is 2.79. The van der Waals surface area contributed by atoms with E-state index in [0.717, 1.165) is 23.5 Å². The Balaban J connectivity index is 2.28. The zero-order chi connectivity index (χ0) is 13.8. The molecule has 0 saturated carbocycles. The molecule has 0 atom stereocenters. The van der Waals surface area contributed by atoms with Gasteiger partial charge in [-0.15, -0.1) is 11.3 Å². The van der Waals surface area contributed by atoms with E-state index in [-0.39, 0.29) is 6.61 Å². The van der Waals surface area contributed by atoms with Gasteiger partial charge in [0, 0.05) is 17.1 Å². The molecule has 0 fully saturated rings. The molecule has 0 aliphatic heterocycles. The Morgan fingerprint density at radius 3 is 2.74 bits per heavy atom. The van der Waals surface area contributed by atoms with Crippen molar-refractivity contribution in [1.29, 1.82) is 0 Å². The predicted molar refractivity (Wildman–Crippen MR) is 80.5 cm³/mol. The van der Waals surface area contributed by atoms with Crippen LogP contribution in [0.2, 0.25) is 0 Å². The van der Waals surface area contributed by atoms with Gasteiger partial charge in [0.2, 0.25) is 0 Å². The van der Waals surface area contributed by atoms with Crippen LogP contribution < -0.4 is 4.90 Å². The highest BCUT2D eigenvalue weighted by atomic mass is 32.1. The average Bonchev–Trinajstić information content (AvgIpc) is 2.89. The van der Waals surface area contributed by atoms with Crippen LogP contribution in [0.5, 0.6) is 0 Å². The highest BCUT2D eigenvalue weighted by molar-refractivity contribution is 7.09. The number of hydrogen-bond acceptors (Lipinski definition) is 4. The molecule has 0 amide bonds. The molecule has 102 valence electrons. The summed E-state index contributed by atoms with van der Waals surface area (Å²) < 4.78 is 0. The Morgan fingerprint density at radius 2 is 2.21 bits per heavy atom. The molecule has 0 radical (unpaired) electrons. The van der Waals surface area contributed by atoms with E-state index in [2.05, 4.69) is 41.2 Å².